The number of nitrogens with one attached hydrogen (secondary N) is 3. The SMILES string of the molecule is COCCCNC(=O)C(=O)N/N=C\c1ccc(OCC(=O)Nc2cc(C)ccc2C)c(OC)c1. The largest absolute Gasteiger partial charge is 0.493 e. The van der Waals surface area contributed by atoms with Crippen molar-refractivity contribution in [1.29, 1.82) is 0 Å². The van der Waals surface area contributed by atoms with Crippen molar-refractivity contribution in [2.75, 3.05) is 39.3 Å². The van der Waals surface area contributed by atoms with Crippen LogP contribution in [0.2, 0.25) is 0 Å². The zero-order valence-electron chi connectivity index (χ0n) is 19.8. The molecule has 3 amide bonds. The Morgan fingerprint density at radius 1 is 1.00 bits per heavy atom. The Labute approximate surface area is 198 Å². The Balaban J connectivity index is 1.88. The van der Waals surface area contributed by atoms with Crippen LogP contribution in [-0.4, -0.2) is 57.9 Å². The first-order valence-corrected chi connectivity index (χ1v) is 10.6. The maximum Gasteiger partial charge on any atom is 0.329 e. The molecule has 0 aromatic heterocycles. The monoisotopic (exact) mass is 470 g/mol. The van der Waals surface area contributed by atoms with E-state index in [2.05, 4.69) is 21.2 Å². The van der Waals surface area contributed by atoms with Gasteiger partial charge in [-0.1, -0.05) is 12.1 Å². The number of anilines is 1. The van der Waals surface area contributed by atoms with Crippen molar-refractivity contribution in [1.82, 2.24) is 10.7 Å². The van der Waals surface area contributed by atoms with Gasteiger partial charge >= 0.3 is 11.8 Å². The van der Waals surface area contributed by atoms with Gasteiger partial charge in [0.2, 0.25) is 0 Å². The number of methoxy groups -OCH3 is 2. The number of benzene rings is 2. The van der Waals surface area contributed by atoms with Crippen LogP contribution >= 0.6 is 0 Å². The fourth-order valence-electron chi connectivity index (χ4n) is 2.80. The molecule has 0 aliphatic heterocycles. The molecule has 2 aromatic carbocycles. The van der Waals surface area contributed by atoms with Crippen LogP contribution in [0, 0.1) is 13.8 Å². The fraction of sp³-hybridized carbons (Fsp3) is 0.333. The molecular weight excluding hydrogens is 440 g/mol. The maximum absolute atomic E-state index is 12.3. The highest BCUT2D eigenvalue weighted by Gasteiger charge is 2.12. The number of hydrazone groups is 1. The number of carbonyl (C=O) groups excluding carboxylic acids is 3. The number of rotatable bonds is 11. The minimum atomic E-state index is -0.879. The molecule has 2 rings (SSSR count). The average Bonchev–Trinajstić information content (AvgIpc) is 2.82. The van der Waals surface area contributed by atoms with Crippen molar-refractivity contribution >= 4 is 29.6 Å². The molecule has 182 valence electrons. The number of ether oxygens (including phenoxy) is 3. The molecule has 3 N–H and O–H groups in total. The highest BCUT2D eigenvalue weighted by Crippen LogP contribution is 2.27. The van der Waals surface area contributed by atoms with Gasteiger partial charge in [0, 0.05) is 25.9 Å². The Morgan fingerprint density at radius 3 is 2.53 bits per heavy atom. The Hall–Kier alpha value is -3.92. The minimum Gasteiger partial charge on any atom is -0.493 e. The third kappa shape index (κ3) is 8.55. The van der Waals surface area contributed by atoms with E-state index in [0.29, 0.717) is 36.6 Å². The second-order valence-electron chi connectivity index (χ2n) is 7.37. The Morgan fingerprint density at radius 2 is 1.79 bits per heavy atom. The summed E-state index contributed by atoms with van der Waals surface area (Å²) >= 11 is 0. The molecular formula is C24H30N4O6. The first kappa shape index (κ1) is 26.3. The van der Waals surface area contributed by atoms with Crippen molar-refractivity contribution in [3.05, 3.63) is 53.1 Å². The normalized spacial score (nSPS) is 10.6. The third-order valence-electron chi connectivity index (χ3n) is 4.61. The first-order chi connectivity index (χ1) is 16.3. The number of hydrogen-bond donors (Lipinski definition) is 3. The lowest BCUT2D eigenvalue weighted by molar-refractivity contribution is -0.139. The summed E-state index contributed by atoms with van der Waals surface area (Å²) < 4.78 is 15.8. The number of aryl methyl sites for hydroxylation is 2. The minimum absolute atomic E-state index is 0.202. The van der Waals surface area contributed by atoms with Crippen molar-refractivity contribution < 1.29 is 28.6 Å². The summed E-state index contributed by atoms with van der Waals surface area (Å²) in [5, 5.41) is 9.07. The molecule has 0 bridgehead atoms. The van der Waals surface area contributed by atoms with E-state index in [1.165, 1.54) is 13.3 Å². The van der Waals surface area contributed by atoms with E-state index in [1.807, 2.05) is 32.0 Å². The molecule has 0 unspecified atom stereocenters. The molecule has 10 nitrogen and oxygen atoms in total. The van der Waals surface area contributed by atoms with E-state index < -0.39 is 11.8 Å². The van der Waals surface area contributed by atoms with Crippen LogP contribution in [0.25, 0.3) is 0 Å². The molecule has 0 aliphatic carbocycles. The molecule has 0 fully saturated rings. The highest BCUT2D eigenvalue weighted by molar-refractivity contribution is 6.35. The highest BCUT2D eigenvalue weighted by atomic mass is 16.5. The average molecular weight is 471 g/mol. The number of nitrogens with zero attached hydrogens (tertiary/aromatic N) is 1. The van der Waals surface area contributed by atoms with E-state index in [1.54, 1.807) is 25.3 Å². The molecule has 0 radical (unpaired) electrons. The standard InChI is InChI=1S/C24H30N4O6/c1-16-6-7-17(2)19(12-16)27-22(29)15-34-20-9-8-18(13-21(20)33-4)14-26-28-24(31)23(30)25-10-5-11-32-3/h6-9,12-14H,5,10-11,15H2,1-4H3,(H,25,30)(H,27,29)(H,28,31)/b26-14-. The van der Waals surface area contributed by atoms with Crippen LogP contribution in [0.5, 0.6) is 11.5 Å². The first-order valence-electron chi connectivity index (χ1n) is 10.6. The van der Waals surface area contributed by atoms with E-state index in [-0.39, 0.29) is 12.5 Å². The Kier molecular flexibility index (Phi) is 10.5. The van der Waals surface area contributed by atoms with Gasteiger partial charge in [0.05, 0.1) is 13.3 Å². The van der Waals surface area contributed by atoms with Gasteiger partial charge in [-0.15, -0.1) is 0 Å². The molecule has 0 saturated carbocycles. The van der Waals surface area contributed by atoms with Gasteiger partial charge in [-0.05, 0) is 61.2 Å². The molecule has 0 aliphatic rings. The predicted molar refractivity (Wildman–Crippen MR) is 128 cm³/mol. The molecule has 0 spiro atoms. The molecule has 0 heterocycles. The van der Waals surface area contributed by atoms with Crippen molar-refractivity contribution in [3.8, 4) is 11.5 Å². The molecule has 2 aromatic rings. The van der Waals surface area contributed by atoms with Crippen molar-refractivity contribution in [2.24, 2.45) is 5.10 Å². The number of amides is 3. The summed E-state index contributed by atoms with van der Waals surface area (Å²) in [4.78, 5) is 35.7. The zero-order chi connectivity index (χ0) is 24.9. The van der Waals surface area contributed by atoms with Crippen LogP contribution < -0.4 is 25.5 Å². The topological polar surface area (TPSA) is 127 Å². The van der Waals surface area contributed by atoms with E-state index in [0.717, 1.165) is 16.8 Å². The summed E-state index contributed by atoms with van der Waals surface area (Å²) in [6, 6.07) is 10.7. The maximum atomic E-state index is 12.3. The predicted octanol–water partition coefficient (Wildman–Crippen LogP) is 1.93. The molecule has 0 saturated heterocycles. The molecule has 34 heavy (non-hydrogen) atoms. The van der Waals surface area contributed by atoms with E-state index in [9.17, 15) is 14.4 Å². The van der Waals surface area contributed by atoms with Crippen LogP contribution in [0.15, 0.2) is 41.5 Å². The third-order valence-corrected chi connectivity index (χ3v) is 4.61. The van der Waals surface area contributed by atoms with Gasteiger partial charge in [-0.25, -0.2) is 5.43 Å². The lowest BCUT2D eigenvalue weighted by Gasteiger charge is -2.12. The van der Waals surface area contributed by atoms with Gasteiger partial charge in [-0.2, -0.15) is 5.10 Å². The van der Waals surface area contributed by atoms with Crippen molar-refractivity contribution in [3.63, 3.8) is 0 Å². The quantitative estimate of drug-likeness (QED) is 0.199. The van der Waals surface area contributed by atoms with Gasteiger partial charge in [0.1, 0.15) is 0 Å². The van der Waals surface area contributed by atoms with Crippen LogP contribution in [0.3, 0.4) is 0 Å². The lowest BCUT2D eigenvalue weighted by Crippen LogP contribution is -2.38. The lowest BCUT2D eigenvalue weighted by atomic mass is 10.1. The van der Waals surface area contributed by atoms with E-state index in [4.69, 9.17) is 14.2 Å². The molecule has 10 heteroatoms. The summed E-state index contributed by atoms with van der Waals surface area (Å²) in [5.74, 6) is -1.21. The second kappa shape index (κ2) is 13.6. The van der Waals surface area contributed by atoms with Crippen LogP contribution in [0.4, 0.5) is 5.69 Å². The van der Waals surface area contributed by atoms with Gasteiger partial charge in [-0.3, -0.25) is 14.4 Å². The van der Waals surface area contributed by atoms with Gasteiger partial charge in [0.15, 0.2) is 18.1 Å². The molecule has 0 atom stereocenters. The smallest absolute Gasteiger partial charge is 0.329 e. The summed E-state index contributed by atoms with van der Waals surface area (Å²) in [5.41, 5.74) is 5.48. The summed E-state index contributed by atoms with van der Waals surface area (Å²) in [6.07, 6.45) is 1.95. The number of hydrogen-bond acceptors (Lipinski definition) is 7. The zero-order valence-corrected chi connectivity index (χ0v) is 19.8. The van der Waals surface area contributed by atoms with E-state index >= 15 is 0 Å². The summed E-state index contributed by atoms with van der Waals surface area (Å²) in [7, 11) is 3.02. The second-order valence-corrected chi connectivity index (χ2v) is 7.37. The Bertz CT molecular complexity index is 1040. The van der Waals surface area contributed by atoms with Crippen LogP contribution in [-0.2, 0) is 19.1 Å². The van der Waals surface area contributed by atoms with Crippen molar-refractivity contribution in [2.45, 2.75) is 20.3 Å². The van der Waals surface area contributed by atoms with Crippen LogP contribution in [0.1, 0.15) is 23.1 Å². The van der Waals surface area contributed by atoms with Gasteiger partial charge < -0.3 is 24.8 Å². The fourth-order valence-corrected chi connectivity index (χ4v) is 2.80. The number of carbonyl (C=O) groups is 3. The summed E-state index contributed by atoms with van der Waals surface area (Å²) in [6.45, 7) is 4.47. The van der Waals surface area contributed by atoms with Gasteiger partial charge in [0.25, 0.3) is 5.91 Å².